The molecule has 0 radical (unpaired) electrons. The largest absolute Gasteiger partial charge is 0.487 e. The fourth-order valence-corrected chi connectivity index (χ4v) is 2.56. The smallest absolute Gasteiger partial charge is 0.251 e. The minimum atomic E-state index is -0.205. The van der Waals surface area contributed by atoms with Crippen LogP contribution < -0.4 is 5.32 Å². The third-order valence-corrected chi connectivity index (χ3v) is 3.78. The highest BCUT2D eigenvalue weighted by atomic mass is 32.1. The van der Waals surface area contributed by atoms with Crippen LogP contribution in [-0.4, -0.2) is 17.6 Å². The second kappa shape index (κ2) is 8.44. The first-order chi connectivity index (χ1) is 11.1. The molecule has 1 amide bonds. The Hall–Kier alpha value is -2.20. The van der Waals surface area contributed by atoms with E-state index in [1.807, 2.05) is 68.4 Å². The van der Waals surface area contributed by atoms with Crippen molar-refractivity contribution < 1.29 is 9.53 Å². The lowest BCUT2D eigenvalue weighted by molar-refractivity contribution is 0.0937. The standard InChI is InChI=1S/C19H21NO2S/c1-3-22-18(23)13-17(15-7-5-4-6-8-15)20-19(21)16-11-9-14(2)10-12-16/h4-12,17H,3,13H2,1-2H3,(H,20,21). The predicted octanol–water partition coefficient (Wildman–Crippen LogP) is 4.22. The van der Waals surface area contributed by atoms with Crippen molar-refractivity contribution in [1.29, 1.82) is 0 Å². The van der Waals surface area contributed by atoms with E-state index in [0.29, 0.717) is 23.6 Å². The summed E-state index contributed by atoms with van der Waals surface area (Å²) >= 11 is 5.24. The van der Waals surface area contributed by atoms with E-state index in [1.165, 1.54) is 0 Å². The lowest BCUT2D eigenvalue weighted by atomic mass is 10.0. The van der Waals surface area contributed by atoms with Crippen LogP contribution >= 0.6 is 12.2 Å². The Morgan fingerprint density at radius 3 is 2.39 bits per heavy atom. The third-order valence-electron chi connectivity index (χ3n) is 3.50. The maximum Gasteiger partial charge on any atom is 0.251 e. The molecule has 1 N–H and O–H groups in total. The van der Waals surface area contributed by atoms with Gasteiger partial charge in [0.15, 0.2) is 5.05 Å². The zero-order chi connectivity index (χ0) is 16.7. The van der Waals surface area contributed by atoms with Gasteiger partial charge < -0.3 is 10.1 Å². The van der Waals surface area contributed by atoms with E-state index in [2.05, 4.69) is 5.32 Å². The molecule has 0 saturated heterocycles. The molecule has 0 aromatic heterocycles. The molecular weight excluding hydrogens is 306 g/mol. The first-order valence-corrected chi connectivity index (χ1v) is 8.09. The lowest BCUT2D eigenvalue weighted by Gasteiger charge is -2.20. The van der Waals surface area contributed by atoms with Gasteiger partial charge in [-0.3, -0.25) is 4.79 Å². The zero-order valence-corrected chi connectivity index (χ0v) is 14.2. The summed E-state index contributed by atoms with van der Waals surface area (Å²) < 4.78 is 5.38. The molecule has 0 aliphatic heterocycles. The number of nitrogens with one attached hydrogen (secondary N) is 1. The molecule has 23 heavy (non-hydrogen) atoms. The normalized spacial score (nSPS) is 11.6. The van der Waals surface area contributed by atoms with Crippen molar-refractivity contribution in [3.8, 4) is 0 Å². The molecule has 0 aliphatic rings. The van der Waals surface area contributed by atoms with Crippen molar-refractivity contribution in [2.24, 2.45) is 0 Å². The summed E-state index contributed by atoms with van der Waals surface area (Å²) in [5.74, 6) is -0.113. The van der Waals surface area contributed by atoms with Crippen molar-refractivity contribution in [3.05, 3.63) is 71.3 Å². The number of ether oxygens (including phenoxy) is 1. The fourth-order valence-electron chi connectivity index (χ4n) is 2.27. The Bertz CT molecular complexity index is 653. The van der Waals surface area contributed by atoms with Gasteiger partial charge in [-0.25, -0.2) is 0 Å². The van der Waals surface area contributed by atoms with Crippen LogP contribution in [0.4, 0.5) is 0 Å². The molecule has 4 heteroatoms. The molecule has 3 nitrogen and oxygen atoms in total. The average Bonchev–Trinajstić information content (AvgIpc) is 2.56. The number of thiocarbonyl (C=S) groups is 1. The number of aryl methyl sites for hydroxylation is 1. The minimum Gasteiger partial charge on any atom is -0.487 e. The number of carbonyl (C=O) groups excluding carboxylic acids is 1. The van der Waals surface area contributed by atoms with Crippen LogP contribution in [0.5, 0.6) is 0 Å². The van der Waals surface area contributed by atoms with Crippen molar-refractivity contribution in [2.75, 3.05) is 6.61 Å². The summed E-state index contributed by atoms with van der Waals surface area (Å²) in [7, 11) is 0. The van der Waals surface area contributed by atoms with Crippen LogP contribution in [0, 0.1) is 6.92 Å². The average molecular weight is 327 g/mol. The number of rotatable bonds is 6. The topological polar surface area (TPSA) is 38.3 Å². The van der Waals surface area contributed by atoms with Crippen LogP contribution in [-0.2, 0) is 4.74 Å². The molecular formula is C19H21NO2S. The lowest BCUT2D eigenvalue weighted by Crippen LogP contribution is -2.30. The maximum absolute atomic E-state index is 12.5. The Morgan fingerprint density at radius 1 is 1.13 bits per heavy atom. The quantitative estimate of drug-likeness (QED) is 0.807. The van der Waals surface area contributed by atoms with Gasteiger partial charge in [0.25, 0.3) is 5.91 Å². The number of hydrogen-bond acceptors (Lipinski definition) is 3. The molecule has 0 heterocycles. The molecule has 2 aromatic rings. The van der Waals surface area contributed by atoms with Crippen LogP contribution in [0.15, 0.2) is 54.6 Å². The van der Waals surface area contributed by atoms with Crippen LogP contribution in [0.2, 0.25) is 0 Å². The molecule has 0 aliphatic carbocycles. The van der Waals surface area contributed by atoms with Gasteiger partial charge in [0.2, 0.25) is 0 Å². The summed E-state index contributed by atoms with van der Waals surface area (Å²) in [5.41, 5.74) is 2.77. The number of benzene rings is 2. The Morgan fingerprint density at radius 2 is 1.78 bits per heavy atom. The number of hydrogen-bond donors (Lipinski definition) is 1. The predicted molar refractivity (Wildman–Crippen MR) is 96.7 cm³/mol. The van der Waals surface area contributed by atoms with Crippen LogP contribution in [0.3, 0.4) is 0 Å². The summed E-state index contributed by atoms with van der Waals surface area (Å²) in [4.78, 5) is 12.5. The van der Waals surface area contributed by atoms with E-state index in [0.717, 1.165) is 11.1 Å². The maximum atomic E-state index is 12.5. The van der Waals surface area contributed by atoms with E-state index in [9.17, 15) is 4.79 Å². The van der Waals surface area contributed by atoms with Gasteiger partial charge in [-0.2, -0.15) is 0 Å². The highest BCUT2D eigenvalue weighted by Gasteiger charge is 2.18. The Balaban J connectivity index is 2.15. The highest BCUT2D eigenvalue weighted by molar-refractivity contribution is 7.80. The second-order valence-corrected chi connectivity index (χ2v) is 5.77. The summed E-state index contributed by atoms with van der Waals surface area (Å²) in [6.45, 7) is 4.43. The summed E-state index contributed by atoms with van der Waals surface area (Å²) in [6.07, 6.45) is 0.477. The SMILES string of the molecule is CCOC(=S)CC(NC(=O)c1ccc(C)cc1)c1ccccc1. The van der Waals surface area contributed by atoms with Gasteiger partial charge in [-0.05, 0) is 43.8 Å². The molecule has 1 atom stereocenters. The monoisotopic (exact) mass is 327 g/mol. The van der Waals surface area contributed by atoms with Gasteiger partial charge >= 0.3 is 0 Å². The molecule has 2 aromatic carbocycles. The summed E-state index contributed by atoms with van der Waals surface area (Å²) in [5, 5.41) is 3.56. The van der Waals surface area contributed by atoms with Gasteiger partial charge in [-0.15, -0.1) is 0 Å². The van der Waals surface area contributed by atoms with E-state index < -0.39 is 0 Å². The third kappa shape index (κ3) is 5.18. The van der Waals surface area contributed by atoms with Crippen molar-refractivity contribution in [3.63, 3.8) is 0 Å². The molecule has 0 saturated carbocycles. The van der Waals surface area contributed by atoms with Gasteiger partial charge in [0.05, 0.1) is 12.6 Å². The molecule has 120 valence electrons. The van der Waals surface area contributed by atoms with Crippen molar-refractivity contribution >= 4 is 23.2 Å². The molecule has 2 rings (SSSR count). The summed E-state index contributed by atoms with van der Waals surface area (Å²) in [6, 6.07) is 17.1. The van der Waals surface area contributed by atoms with Gasteiger partial charge in [0, 0.05) is 12.0 Å². The van der Waals surface area contributed by atoms with E-state index in [-0.39, 0.29) is 11.9 Å². The number of carbonyl (C=O) groups is 1. The van der Waals surface area contributed by atoms with Crippen LogP contribution in [0.25, 0.3) is 0 Å². The zero-order valence-electron chi connectivity index (χ0n) is 13.4. The van der Waals surface area contributed by atoms with Crippen molar-refractivity contribution in [1.82, 2.24) is 5.32 Å². The van der Waals surface area contributed by atoms with Gasteiger partial charge in [0.1, 0.15) is 0 Å². The second-order valence-electron chi connectivity index (χ2n) is 5.31. The molecule has 0 spiro atoms. The van der Waals surface area contributed by atoms with Crippen LogP contribution in [0.1, 0.15) is 40.9 Å². The van der Waals surface area contributed by atoms with E-state index in [4.69, 9.17) is 17.0 Å². The van der Waals surface area contributed by atoms with Gasteiger partial charge in [-0.1, -0.05) is 48.0 Å². The fraction of sp³-hybridized carbons (Fsp3) is 0.263. The number of amides is 1. The highest BCUT2D eigenvalue weighted by Crippen LogP contribution is 2.19. The first kappa shape index (κ1) is 17.2. The Labute approximate surface area is 142 Å². The molecule has 1 unspecified atom stereocenters. The van der Waals surface area contributed by atoms with E-state index in [1.54, 1.807) is 0 Å². The van der Waals surface area contributed by atoms with E-state index >= 15 is 0 Å². The molecule has 0 bridgehead atoms. The van der Waals surface area contributed by atoms with Crippen molar-refractivity contribution in [2.45, 2.75) is 26.3 Å². The molecule has 0 fully saturated rings. The first-order valence-electron chi connectivity index (χ1n) is 7.68. The Kier molecular flexibility index (Phi) is 6.29. The minimum absolute atomic E-state index is 0.113.